The first kappa shape index (κ1) is 12.2. The second kappa shape index (κ2) is 4.52. The summed E-state index contributed by atoms with van der Waals surface area (Å²) < 4.78 is 38.2. The van der Waals surface area contributed by atoms with Gasteiger partial charge in [0.25, 0.3) is 0 Å². The van der Waals surface area contributed by atoms with Crippen LogP contribution in [0.1, 0.15) is 18.9 Å². The molecule has 0 unspecified atom stereocenters. The fourth-order valence-electron chi connectivity index (χ4n) is 1.41. The molecule has 0 fully saturated rings. The van der Waals surface area contributed by atoms with Gasteiger partial charge < -0.3 is 5.32 Å². The predicted molar refractivity (Wildman–Crippen MR) is 63.4 cm³/mol. The van der Waals surface area contributed by atoms with E-state index in [9.17, 15) is 13.2 Å². The number of hydrogen-bond donors (Lipinski definition) is 1. The maximum absolute atomic E-state index is 12.5. The molecule has 6 heteroatoms. The lowest BCUT2D eigenvalue weighted by molar-refractivity contribution is -0.137. The van der Waals surface area contributed by atoms with Crippen molar-refractivity contribution in [3.05, 3.63) is 23.8 Å². The highest BCUT2D eigenvalue weighted by Crippen LogP contribution is 2.33. The van der Waals surface area contributed by atoms with Crippen molar-refractivity contribution in [3.63, 3.8) is 0 Å². The van der Waals surface area contributed by atoms with Crippen molar-refractivity contribution in [1.29, 1.82) is 0 Å². The molecule has 0 saturated carbocycles. The van der Waals surface area contributed by atoms with E-state index in [1.54, 1.807) is 0 Å². The monoisotopic (exact) mass is 260 g/mol. The Bertz CT molecular complexity index is 519. The molecule has 92 valence electrons. The molecule has 0 amide bonds. The van der Waals surface area contributed by atoms with Crippen LogP contribution in [0.15, 0.2) is 18.2 Å². The number of alkyl halides is 3. The summed E-state index contributed by atoms with van der Waals surface area (Å²) in [6.07, 6.45) is -3.36. The van der Waals surface area contributed by atoms with Crippen LogP contribution in [0.25, 0.3) is 10.2 Å². The van der Waals surface area contributed by atoms with Gasteiger partial charge in [-0.15, -0.1) is 0 Å². The van der Waals surface area contributed by atoms with E-state index >= 15 is 0 Å². The topological polar surface area (TPSA) is 24.9 Å². The van der Waals surface area contributed by atoms with Gasteiger partial charge in [0.1, 0.15) is 0 Å². The fourth-order valence-corrected chi connectivity index (χ4v) is 2.28. The molecule has 2 nitrogen and oxygen atoms in total. The molecule has 0 radical (unpaired) electrons. The van der Waals surface area contributed by atoms with Crippen LogP contribution in [-0.4, -0.2) is 11.5 Å². The van der Waals surface area contributed by atoms with Gasteiger partial charge in [-0.25, -0.2) is 4.98 Å². The molecule has 17 heavy (non-hydrogen) atoms. The normalized spacial score (nSPS) is 12.0. The van der Waals surface area contributed by atoms with E-state index in [1.165, 1.54) is 17.4 Å². The van der Waals surface area contributed by atoms with Gasteiger partial charge in [0.15, 0.2) is 5.13 Å². The van der Waals surface area contributed by atoms with Gasteiger partial charge in [-0.3, -0.25) is 0 Å². The van der Waals surface area contributed by atoms with Crippen molar-refractivity contribution in [1.82, 2.24) is 4.98 Å². The van der Waals surface area contributed by atoms with Gasteiger partial charge in [0, 0.05) is 6.54 Å². The van der Waals surface area contributed by atoms with Gasteiger partial charge in [-0.05, 0) is 24.6 Å². The Morgan fingerprint density at radius 3 is 2.76 bits per heavy atom. The van der Waals surface area contributed by atoms with Gasteiger partial charge in [-0.2, -0.15) is 13.2 Å². The first-order valence-electron chi connectivity index (χ1n) is 5.22. The highest BCUT2D eigenvalue weighted by molar-refractivity contribution is 7.22. The Morgan fingerprint density at radius 1 is 1.35 bits per heavy atom. The smallest absolute Gasteiger partial charge is 0.361 e. The zero-order valence-electron chi connectivity index (χ0n) is 9.14. The highest BCUT2D eigenvalue weighted by Gasteiger charge is 2.30. The summed E-state index contributed by atoms with van der Waals surface area (Å²) in [6.45, 7) is 2.79. The standard InChI is InChI=1S/C11H11F3N2S/c1-2-5-15-10-16-8-6-7(11(12,13)14)3-4-9(8)17-10/h3-4,6H,2,5H2,1H3,(H,15,16). The van der Waals surface area contributed by atoms with Crippen LogP contribution in [-0.2, 0) is 6.18 Å². The minimum atomic E-state index is -4.31. The molecular formula is C11H11F3N2S. The van der Waals surface area contributed by atoms with Gasteiger partial charge in [0.2, 0.25) is 0 Å². The SMILES string of the molecule is CCCNc1nc2cc(C(F)(F)F)ccc2s1. The molecule has 1 aromatic heterocycles. The highest BCUT2D eigenvalue weighted by atomic mass is 32.1. The molecule has 1 heterocycles. The van der Waals surface area contributed by atoms with E-state index in [2.05, 4.69) is 10.3 Å². The zero-order valence-corrected chi connectivity index (χ0v) is 9.95. The van der Waals surface area contributed by atoms with Gasteiger partial charge in [0.05, 0.1) is 15.8 Å². The first-order valence-corrected chi connectivity index (χ1v) is 6.04. The number of rotatable bonds is 3. The summed E-state index contributed by atoms with van der Waals surface area (Å²) in [5.74, 6) is 0. The van der Waals surface area contributed by atoms with Crippen molar-refractivity contribution in [2.24, 2.45) is 0 Å². The lowest BCUT2D eigenvalue weighted by Gasteiger charge is -2.04. The number of fused-ring (bicyclic) bond motifs is 1. The van der Waals surface area contributed by atoms with Crippen LogP contribution >= 0.6 is 11.3 Å². The van der Waals surface area contributed by atoms with Crippen molar-refractivity contribution in [2.75, 3.05) is 11.9 Å². The lowest BCUT2D eigenvalue weighted by atomic mass is 10.2. The Hall–Kier alpha value is -1.30. The van der Waals surface area contributed by atoms with E-state index in [-0.39, 0.29) is 0 Å². The van der Waals surface area contributed by atoms with Gasteiger partial charge in [-0.1, -0.05) is 18.3 Å². The predicted octanol–water partition coefficient (Wildman–Crippen LogP) is 4.14. The molecule has 2 rings (SSSR count). The third-order valence-electron chi connectivity index (χ3n) is 2.24. The summed E-state index contributed by atoms with van der Waals surface area (Å²) in [7, 11) is 0. The number of halogens is 3. The summed E-state index contributed by atoms with van der Waals surface area (Å²) in [4.78, 5) is 4.13. The summed E-state index contributed by atoms with van der Waals surface area (Å²) in [5, 5.41) is 3.74. The van der Waals surface area contributed by atoms with E-state index in [0.717, 1.165) is 29.8 Å². The minimum absolute atomic E-state index is 0.392. The molecule has 0 atom stereocenters. The summed E-state index contributed by atoms with van der Waals surface area (Å²) >= 11 is 1.37. The molecule has 0 aliphatic carbocycles. The third kappa shape index (κ3) is 2.69. The first-order chi connectivity index (χ1) is 8.00. The number of thiazole rings is 1. The number of aromatic nitrogens is 1. The van der Waals surface area contributed by atoms with E-state index in [4.69, 9.17) is 0 Å². The quantitative estimate of drug-likeness (QED) is 0.897. The van der Waals surface area contributed by atoms with Crippen molar-refractivity contribution in [3.8, 4) is 0 Å². The summed E-state index contributed by atoms with van der Waals surface area (Å²) in [6, 6.07) is 3.64. The molecule has 0 bridgehead atoms. The Labute approximate surface area is 100 Å². The Kier molecular flexibility index (Phi) is 3.24. The number of benzene rings is 1. The summed E-state index contributed by atoms with van der Waals surface area (Å²) in [5.41, 5.74) is -0.263. The fraction of sp³-hybridized carbons (Fsp3) is 0.364. The molecule has 0 aliphatic rings. The number of hydrogen-bond acceptors (Lipinski definition) is 3. The number of anilines is 1. The minimum Gasteiger partial charge on any atom is -0.361 e. The number of nitrogens with zero attached hydrogens (tertiary/aromatic N) is 1. The van der Waals surface area contributed by atoms with Crippen LogP contribution in [0, 0.1) is 0 Å². The molecule has 0 saturated heterocycles. The van der Waals surface area contributed by atoms with Crippen molar-refractivity contribution >= 4 is 26.7 Å². The van der Waals surface area contributed by atoms with Crippen LogP contribution in [0.3, 0.4) is 0 Å². The zero-order chi connectivity index (χ0) is 12.5. The average molecular weight is 260 g/mol. The molecule has 2 aromatic rings. The van der Waals surface area contributed by atoms with Gasteiger partial charge >= 0.3 is 6.18 Å². The molecule has 1 aromatic carbocycles. The van der Waals surface area contributed by atoms with Crippen LogP contribution < -0.4 is 5.32 Å². The molecule has 1 N–H and O–H groups in total. The Balaban J connectivity index is 2.34. The second-order valence-electron chi connectivity index (χ2n) is 3.63. The van der Waals surface area contributed by atoms with E-state index in [0.29, 0.717) is 10.6 Å². The van der Waals surface area contributed by atoms with Crippen LogP contribution in [0.2, 0.25) is 0 Å². The molecule has 0 aliphatic heterocycles. The van der Waals surface area contributed by atoms with Crippen LogP contribution in [0.4, 0.5) is 18.3 Å². The van der Waals surface area contributed by atoms with Crippen LogP contribution in [0.5, 0.6) is 0 Å². The largest absolute Gasteiger partial charge is 0.416 e. The maximum Gasteiger partial charge on any atom is 0.416 e. The average Bonchev–Trinajstić information content (AvgIpc) is 2.66. The second-order valence-corrected chi connectivity index (χ2v) is 4.66. The van der Waals surface area contributed by atoms with Crippen molar-refractivity contribution < 1.29 is 13.2 Å². The third-order valence-corrected chi connectivity index (χ3v) is 3.24. The van der Waals surface area contributed by atoms with E-state index in [1.807, 2.05) is 6.92 Å². The maximum atomic E-state index is 12.5. The lowest BCUT2D eigenvalue weighted by Crippen LogP contribution is -2.04. The molecule has 0 spiro atoms. The van der Waals surface area contributed by atoms with E-state index < -0.39 is 11.7 Å². The Morgan fingerprint density at radius 2 is 2.12 bits per heavy atom. The van der Waals surface area contributed by atoms with Crippen molar-refractivity contribution in [2.45, 2.75) is 19.5 Å². The molecular weight excluding hydrogens is 249 g/mol. The number of nitrogens with one attached hydrogen (secondary N) is 1.